The monoisotopic (exact) mass is 275 g/mol. The standard InChI is InChI=1S/C16H18FNS/c1-12(14-4-3-5-15(17)10-14)18-11-13-6-8-16(19-2)9-7-13/h3-10,12,18H,11H2,1-2H3. The molecule has 0 saturated carbocycles. The zero-order chi connectivity index (χ0) is 13.7. The summed E-state index contributed by atoms with van der Waals surface area (Å²) in [5.41, 5.74) is 2.21. The summed E-state index contributed by atoms with van der Waals surface area (Å²) in [5, 5.41) is 3.41. The Morgan fingerprint density at radius 3 is 2.53 bits per heavy atom. The van der Waals surface area contributed by atoms with Crippen LogP contribution in [0.3, 0.4) is 0 Å². The molecule has 1 unspecified atom stereocenters. The molecule has 0 aromatic heterocycles. The number of rotatable bonds is 5. The van der Waals surface area contributed by atoms with Gasteiger partial charge in [-0.3, -0.25) is 0 Å². The van der Waals surface area contributed by atoms with Gasteiger partial charge < -0.3 is 5.32 Å². The van der Waals surface area contributed by atoms with E-state index in [1.165, 1.54) is 16.5 Å². The second-order valence-electron chi connectivity index (χ2n) is 4.51. The fourth-order valence-electron chi connectivity index (χ4n) is 1.91. The molecule has 19 heavy (non-hydrogen) atoms. The predicted molar refractivity (Wildman–Crippen MR) is 79.9 cm³/mol. The number of halogens is 1. The molecule has 2 aromatic rings. The predicted octanol–water partition coefficient (Wildman–Crippen LogP) is 4.40. The molecular formula is C16H18FNS. The second kappa shape index (κ2) is 6.73. The highest BCUT2D eigenvalue weighted by molar-refractivity contribution is 7.98. The summed E-state index contributed by atoms with van der Waals surface area (Å²) in [7, 11) is 0. The molecule has 1 nitrogen and oxygen atoms in total. The van der Waals surface area contributed by atoms with Crippen molar-refractivity contribution >= 4 is 11.8 Å². The minimum atomic E-state index is -0.185. The maximum atomic E-state index is 13.1. The maximum Gasteiger partial charge on any atom is 0.123 e. The minimum Gasteiger partial charge on any atom is -0.306 e. The van der Waals surface area contributed by atoms with E-state index in [1.807, 2.05) is 13.0 Å². The minimum absolute atomic E-state index is 0.135. The van der Waals surface area contributed by atoms with Crippen molar-refractivity contribution in [3.63, 3.8) is 0 Å². The van der Waals surface area contributed by atoms with E-state index in [9.17, 15) is 4.39 Å². The highest BCUT2D eigenvalue weighted by atomic mass is 32.2. The van der Waals surface area contributed by atoms with Crippen LogP contribution in [0.2, 0.25) is 0 Å². The molecule has 0 heterocycles. The lowest BCUT2D eigenvalue weighted by Gasteiger charge is -2.14. The molecule has 3 heteroatoms. The van der Waals surface area contributed by atoms with Crippen LogP contribution in [0.5, 0.6) is 0 Å². The van der Waals surface area contributed by atoms with Crippen LogP contribution in [-0.4, -0.2) is 6.26 Å². The molecule has 0 amide bonds. The van der Waals surface area contributed by atoms with Crippen LogP contribution >= 0.6 is 11.8 Å². The normalized spacial score (nSPS) is 12.4. The third-order valence-electron chi connectivity index (χ3n) is 3.12. The average molecular weight is 275 g/mol. The molecular weight excluding hydrogens is 257 g/mol. The summed E-state index contributed by atoms with van der Waals surface area (Å²) in [5.74, 6) is -0.185. The summed E-state index contributed by atoms with van der Waals surface area (Å²) in [6.07, 6.45) is 2.07. The molecule has 1 N–H and O–H groups in total. The van der Waals surface area contributed by atoms with Crippen LogP contribution in [0.25, 0.3) is 0 Å². The van der Waals surface area contributed by atoms with Crippen molar-refractivity contribution in [1.82, 2.24) is 5.32 Å². The Morgan fingerprint density at radius 1 is 1.16 bits per heavy atom. The second-order valence-corrected chi connectivity index (χ2v) is 5.39. The maximum absolute atomic E-state index is 13.1. The van der Waals surface area contributed by atoms with E-state index in [0.29, 0.717) is 0 Å². The summed E-state index contributed by atoms with van der Waals surface area (Å²) < 4.78 is 13.1. The highest BCUT2D eigenvalue weighted by Gasteiger charge is 2.05. The Hall–Kier alpha value is -1.32. The molecule has 2 aromatic carbocycles. The Kier molecular flexibility index (Phi) is 5.00. The highest BCUT2D eigenvalue weighted by Crippen LogP contribution is 2.17. The van der Waals surface area contributed by atoms with Crippen molar-refractivity contribution in [3.8, 4) is 0 Å². The van der Waals surface area contributed by atoms with Crippen LogP contribution in [0, 0.1) is 5.82 Å². The number of hydrogen-bond donors (Lipinski definition) is 1. The number of nitrogens with one attached hydrogen (secondary N) is 1. The van der Waals surface area contributed by atoms with Gasteiger partial charge in [-0.25, -0.2) is 4.39 Å². The van der Waals surface area contributed by atoms with Crippen LogP contribution in [0.15, 0.2) is 53.4 Å². The Bertz CT molecular complexity index is 525. The molecule has 0 bridgehead atoms. The zero-order valence-electron chi connectivity index (χ0n) is 11.2. The van der Waals surface area contributed by atoms with Gasteiger partial charge in [0.1, 0.15) is 5.82 Å². The molecule has 100 valence electrons. The average Bonchev–Trinajstić information content (AvgIpc) is 2.45. The van der Waals surface area contributed by atoms with Gasteiger partial charge in [-0.2, -0.15) is 0 Å². The molecule has 0 aliphatic carbocycles. The van der Waals surface area contributed by atoms with Crippen molar-refractivity contribution in [2.75, 3.05) is 6.26 Å². The Balaban J connectivity index is 1.94. The zero-order valence-corrected chi connectivity index (χ0v) is 12.0. The largest absolute Gasteiger partial charge is 0.306 e. The van der Waals surface area contributed by atoms with Crippen molar-refractivity contribution in [3.05, 3.63) is 65.5 Å². The van der Waals surface area contributed by atoms with E-state index in [1.54, 1.807) is 23.9 Å². The summed E-state index contributed by atoms with van der Waals surface area (Å²) in [6.45, 7) is 2.83. The first-order valence-corrected chi connectivity index (χ1v) is 7.53. The number of benzene rings is 2. The summed E-state index contributed by atoms with van der Waals surface area (Å²) in [6, 6.07) is 15.4. The lowest BCUT2D eigenvalue weighted by molar-refractivity contribution is 0.565. The molecule has 2 rings (SSSR count). The van der Waals surface area contributed by atoms with Gasteiger partial charge in [0, 0.05) is 17.5 Å². The molecule has 1 atom stereocenters. The van der Waals surface area contributed by atoms with E-state index < -0.39 is 0 Å². The van der Waals surface area contributed by atoms with Crippen molar-refractivity contribution in [1.29, 1.82) is 0 Å². The van der Waals surface area contributed by atoms with E-state index >= 15 is 0 Å². The van der Waals surface area contributed by atoms with Crippen LogP contribution in [-0.2, 0) is 6.54 Å². The third-order valence-corrected chi connectivity index (χ3v) is 3.86. The van der Waals surface area contributed by atoms with E-state index in [0.717, 1.165) is 12.1 Å². The van der Waals surface area contributed by atoms with E-state index in [4.69, 9.17) is 0 Å². The third kappa shape index (κ3) is 4.08. The quantitative estimate of drug-likeness (QED) is 0.812. The molecule has 0 aliphatic rings. The topological polar surface area (TPSA) is 12.0 Å². The number of hydrogen-bond acceptors (Lipinski definition) is 2. The SMILES string of the molecule is CSc1ccc(CNC(C)c2cccc(F)c2)cc1. The van der Waals surface area contributed by atoms with Gasteiger partial charge in [-0.05, 0) is 48.6 Å². The first-order chi connectivity index (χ1) is 9.19. The van der Waals surface area contributed by atoms with Crippen LogP contribution < -0.4 is 5.32 Å². The van der Waals surface area contributed by atoms with Crippen molar-refractivity contribution in [2.45, 2.75) is 24.4 Å². The van der Waals surface area contributed by atoms with Gasteiger partial charge >= 0.3 is 0 Å². The van der Waals surface area contributed by atoms with E-state index in [-0.39, 0.29) is 11.9 Å². The smallest absolute Gasteiger partial charge is 0.123 e. The molecule has 0 spiro atoms. The summed E-state index contributed by atoms with van der Waals surface area (Å²) in [4.78, 5) is 1.27. The fraction of sp³-hybridized carbons (Fsp3) is 0.250. The fourth-order valence-corrected chi connectivity index (χ4v) is 2.32. The number of thioether (sulfide) groups is 1. The van der Waals surface area contributed by atoms with E-state index in [2.05, 4.69) is 35.8 Å². The van der Waals surface area contributed by atoms with Gasteiger partial charge in [0.15, 0.2) is 0 Å². The molecule has 0 radical (unpaired) electrons. The molecule has 0 fully saturated rings. The van der Waals surface area contributed by atoms with Gasteiger partial charge in [-0.1, -0.05) is 24.3 Å². The Labute approximate surface area is 118 Å². The van der Waals surface area contributed by atoms with Gasteiger partial charge in [0.05, 0.1) is 0 Å². The molecule has 0 aliphatic heterocycles. The van der Waals surface area contributed by atoms with Crippen LogP contribution in [0.1, 0.15) is 24.1 Å². The lowest BCUT2D eigenvalue weighted by Crippen LogP contribution is -2.18. The van der Waals surface area contributed by atoms with Gasteiger partial charge in [-0.15, -0.1) is 11.8 Å². The first-order valence-electron chi connectivity index (χ1n) is 6.31. The first kappa shape index (κ1) is 14.1. The summed E-state index contributed by atoms with van der Waals surface area (Å²) >= 11 is 1.74. The van der Waals surface area contributed by atoms with Crippen LogP contribution in [0.4, 0.5) is 4.39 Å². The van der Waals surface area contributed by atoms with Crippen molar-refractivity contribution < 1.29 is 4.39 Å². The van der Waals surface area contributed by atoms with Crippen molar-refractivity contribution in [2.24, 2.45) is 0 Å². The Morgan fingerprint density at radius 2 is 1.89 bits per heavy atom. The molecule has 0 saturated heterocycles. The van der Waals surface area contributed by atoms with Gasteiger partial charge in [0.25, 0.3) is 0 Å². The van der Waals surface area contributed by atoms with Gasteiger partial charge in [0.2, 0.25) is 0 Å². The lowest BCUT2D eigenvalue weighted by atomic mass is 10.1.